The molecule has 4 aromatic heterocycles. The minimum absolute atomic E-state index is 0.138. The second-order valence-electron chi connectivity index (χ2n) is 9.71. The summed E-state index contributed by atoms with van der Waals surface area (Å²) < 4.78 is 5.34. The molecule has 1 atom stereocenters. The number of hydrogen-bond acceptors (Lipinski definition) is 9. The van der Waals surface area contributed by atoms with E-state index in [1.54, 1.807) is 30.6 Å². The molecule has 1 unspecified atom stereocenters. The van der Waals surface area contributed by atoms with Gasteiger partial charge in [-0.1, -0.05) is 31.1 Å². The smallest absolute Gasteiger partial charge is 0.314 e. The molecule has 6 rings (SSSR count). The highest BCUT2D eigenvalue weighted by Crippen LogP contribution is 2.33. The predicted octanol–water partition coefficient (Wildman–Crippen LogP) is 4.16. The number of aromatic hydroxyl groups is 1. The third kappa shape index (κ3) is 4.11. The maximum atomic E-state index is 11.6. The van der Waals surface area contributed by atoms with Crippen molar-refractivity contribution in [3.8, 4) is 28.3 Å². The molecule has 0 spiro atoms. The van der Waals surface area contributed by atoms with Crippen molar-refractivity contribution in [1.82, 2.24) is 30.3 Å². The van der Waals surface area contributed by atoms with Crippen molar-refractivity contribution in [2.75, 3.05) is 11.4 Å². The number of aromatic amines is 1. The lowest BCUT2D eigenvalue weighted by atomic mass is 9.93. The van der Waals surface area contributed by atoms with Crippen molar-refractivity contribution >= 4 is 23.0 Å². The van der Waals surface area contributed by atoms with Crippen molar-refractivity contribution in [3.05, 3.63) is 65.8 Å². The lowest BCUT2D eigenvalue weighted by molar-refractivity contribution is -0.140. The van der Waals surface area contributed by atoms with Crippen molar-refractivity contribution in [3.63, 3.8) is 0 Å². The largest absolute Gasteiger partial charge is 0.507 e. The highest BCUT2D eigenvalue weighted by molar-refractivity contribution is 5.86. The average molecular weight is 512 g/mol. The van der Waals surface area contributed by atoms with Gasteiger partial charge in [0.15, 0.2) is 11.4 Å². The van der Waals surface area contributed by atoms with Crippen molar-refractivity contribution in [2.24, 2.45) is 5.92 Å². The molecule has 3 N–H and O–H groups in total. The molecule has 0 saturated carbocycles. The standard InChI is InChI=1S/C27H25N7O4/c1-14(2)24(26(36)37)23-10-20(33-38-23)15-11-28-27(29-12-15)34-8-7-19-18(13-34)17-9-21(31-32-25(17)30-19)16-5-3-4-6-22(16)35/h3-6,9-12,14,24,35H,7-8,13H2,1-2H3,(H,30,32)(H,36,37). The van der Waals surface area contributed by atoms with E-state index in [0.29, 0.717) is 46.4 Å². The lowest BCUT2D eigenvalue weighted by Gasteiger charge is -2.27. The van der Waals surface area contributed by atoms with E-state index in [9.17, 15) is 15.0 Å². The minimum Gasteiger partial charge on any atom is -0.507 e. The third-order valence-corrected chi connectivity index (χ3v) is 6.90. The van der Waals surface area contributed by atoms with Crippen molar-refractivity contribution in [1.29, 1.82) is 0 Å². The molecule has 0 amide bonds. The van der Waals surface area contributed by atoms with Crippen LogP contribution in [0.3, 0.4) is 0 Å². The Bertz CT molecular complexity index is 1640. The number of hydrogen-bond donors (Lipinski definition) is 3. The van der Waals surface area contributed by atoms with Crippen LogP contribution in [0.15, 0.2) is 53.3 Å². The number of aromatic nitrogens is 6. The Kier molecular flexibility index (Phi) is 5.74. The van der Waals surface area contributed by atoms with E-state index in [2.05, 4.69) is 35.2 Å². The Morgan fingerprint density at radius 1 is 1.11 bits per heavy atom. The van der Waals surface area contributed by atoms with E-state index < -0.39 is 11.9 Å². The molecule has 11 heteroatoms. The fourth-order valence-corrected chi connectivity index (χ4v) is 4.92. The van der Waals surface area contributed by atoms with Gasteiger partial charge in [0.25, 0.3) is 0 Å². The number of fused-ring (bicyclic) bond motifs is 3. The van der Waals surface area contributed by atoms with E-state index in [-0.39, 0.29) is 11.7 Å². The number of para-hydroxylation sites is 1. The number of aliphatic carboxylic acids is 1. The first kappa shape index (κ1) is 23.6. The Labute approximate surface area is 217 Å². The first-order valence-electron chi connectivity index (χ1n) is 12.3. The van der Waals surface area contributed by atoms with Crippen LogP contribution in [0.1, 0.15) is 36.8 Å². The number of H-pyrrole nitrogens is 1. The van der Waals surface area contributed by atoms with Crippen LogP contribution in [0.4, 0.5) is 5.95 Å². The number of phenols is 1. The first-order chi connectivity index (χ1) is 18.4. The summed E-state index contributed by atoms with van der Waals surface area (Å²) in [5.41, 5.74) is 5.27. The molecule has 0 bridgehead atoms. The summed E-state index contributed by atoms with van der Waals surface area (Å²) in [7, 11) is 0. The second-order valence-corrected chi connectivity index (χ2v) is 9.71. The van der Waals surface area contributed by atoms with Crippen LogP contribution in [0.2, 0.25) is 0 Å². The first-order valence-corrected chi connectivity index (χ1v) is 12.3. The summed E-state index contributed by atoms with van der Waals surface area (Å²) in [6.07, 6.45) is 4.10. The maximum absolute atomic E-state index is 11.6. The number of phenolic OH excluding ortho intramolecular Hbond substituents is 1. The Morgan fingerprint density at radius 3 is 2.63 bits per heavy atom. The van der Waals surface area contributed by atoms with Crippen LogP contribution in [-0.2, 0) is 17.8 Å². The minimum atomic E-state index is -0.949. The number of nitrogens with zero attached hydrogens (tertiary/aromatic N) is 6. The van der Waals surface area contributed by atoms with Gasteiger partial charge < -0.3 is 24.6 Å². The molecule has 5 aromatic rings. The summed E-state index contributed by atoms with van der Waals surface area (Å²) in [6.45, 7) is 4.97. The van der Waals surface area contributed by atoms with Crippen LogP contribution >= 0.6 is 0 Å². The normalized spacial score (nSPS) is 14.1. The molecule has 0 radical (unpaired) electrons. The number of carboxylic acid groups (broad SMARTS) is 1. The number of nitrogens with one attached hydrogen (secondary N) is 1. The van der Waals surface area contributed by atoms with Gasteiger partial charge >= 0.3 is 5.97 Å². The molecule has 1 aliphatic rings. The molecule has 1 aromatic carbocycles. The summed E-state index contributed by atoms with van der Waals surface area (Å²) >= 11 is 0. The summed E-state index contributed by atoms with van der Waals surface area (Å²) in [5.74, 6) is -0.823. The molecule has 0 saturated heterocycles. The number of benzene rings is 1. The quantitative estimate of drug-likeness (QED) is 0.303. The number of anilines is 1. The van der Waals surface area contributed by atoms with Gasteiger partial charge in [-0.05, 0) is 24.1 Å². The topological polar surface area (TPSA) is 154 Å². The molecular weight excluding hydrogens is 486 g/mol. The molecule has 192 valence electrons. The Balaban J connectivity index is 1.25. The van der Waals surface area contributed by atoms with E-state index >= 15 is 0 Å². The zero-order valence-electron chi connectivity index (χ0n) is 20.8. The number of carbonyl (C=O) groups is 1. The third-order valence-electron chi connectivity index (χ3n) is 6.90. The fraction of sp³-hybridized carbons (Fsp3) is 0.259. The van der Waals surface area contributed by atoms with Gasteiger partial charge in [-0.3, -0.25) is 4.79 Å². The molecule has 11 nitrogen and oxygen atoms in total. The molecular formula is C27H25N7O4. The predicted molar refractivity (Wildman–Crippen MR) is 138 cm³/mol. The highest BCUT2D eigenvalue weighted by atomic mass is 16.5. The van der Waals surface area contributed by atoms with Gasteiger partial charge in [-0.25, -0.2) is 9.97 Å². The van der Waals surface area contributed by atoms with Crippen LogP contribution in [0, 0.1) is 5.92 Å². The molecule has 5 heterocycles. The summed E-state index contributed by atoms with van der Waals surface area (Å²) in [4.78, 5) is 26.2. The van der Waals surface area contributed by atoms with E-state index in [1.165, 1.54) is 0 Å². The molecule has 38 heavy (non-hydrogen) atoms. The van der Waals surface area contributed by atoms with E-state index in [4.69, 9.17) is 4.52 Å². The van der Waals surface area contributed by atoms with Crippen molar-refractivity contribution < 1.29 is 19.5 Å². The lowest BCUT2D eigenvalue weighted by Crippen LogP contribution is -2.31. The number of carboxylic acids is 1. The zero-order chi connectivity index (χ0) is 26.4. The van der Waals surface area contributed by atoms with Crippen LogP contribution in [0.25, 0.3) is 33.5 Å². The van der Waals surface area contributed by atoms with Gasteiger partial charge in [-0.15, -0.1) is 10.2 Å². The van der Waals surface area contributed by atoms with Crippen LogP contribution < -0.4 is 4.90 Å². The van der Waals surface area contributed by atoms with Gasteiger partial charge in [0.05, 0.1) is 5.69 Å². The number of rotatable bonds is 6. The Hall–Kier alpha value is -4.80. The SMILES string of the molecule is CC(C)C(C(=O)O)c1cc(-c2cnc(N3CCc4[nH]c5nnc(-c6ccccc6O)cc5c4C3)nc2)no1. The van der Waals surface area contributed by atoms with Crippen LogP contribution in [0.5, 0.6) is 5.75 Å². The van der Waals surface area contributed by atoms with Crippen molar-refractivity contribution in [2.45, 2.75) is 32.7 Å². The Morgan fingerprint density at radius 2 is 1.89 bits per heavy atom. The van der Waals surface area contributed by atoms with E-state index in [1.807, 2.05) is 32.0 Å². The second kappa shape index (κ2) is 9.25. The summed E-state index contributed by atoms with van der Waals surface area (Å²) in [5, 5.41) is 33.4. The van der Waals surface area contributed by atoms with Gasteiger partial charge in [0.1, 0.15) is 17.4 Å². The average Bonchev–Trinajstić information content (AvgIpc) is 3.53. The fourth-order valence-electron chi connectivity index (χ4n) is 4.92. The van der Waals surface area contributed by atoms with Gasteiger partial charge in [0.2, 0.25) is 5.95 Å². The van der Waals surface area contributed by atoms with Crippen LogP contribution in [-0.4, -0.2) is 53.0 Å². The molecule has 1 aliphatic heterocycles. The highest BCUT2D eigenvalue weighted by Gasteiger charge is 2.28. The van der Waals surface area contributed by atoms with Gasteiger partial charge in [-0.2, -0.15) is 0 Å². The molecule has 0 aliphatic carbocycles. The van der Waals surface area contributed by atoms with E-state index in [0.717, 1.165) is 29.6 Å². The zero-order valence-corrected chi connectivity index (χ0v) is 20.8. The molecule has 0 fully saturated rings. The van der Waals surface area contributed by atoms with Gasteiger partial charge in [0, 0.05) is 65.7 Å². The maximum Gasteiger partial charge on any atom is 0.314 e. The monoisotopic (exact) mass is 511 g/mol. The summed E-state index contributed by atoms with van der Waals surface area (Å²) in [6, 6.07) is 10.7.